The number of nitrogens with zero attached hydrogens (tertiary/aromatic N) is 2. The largest absolute Gasteiger partial charge is 0.331 e. The van der Waals surface area contributed by atoms with E-state index in [4.69, 9.17) is 12.2 Å². The van der Waals surface area contributed by atoms with Gasteiger partial charge in [0.2, 0.25) is 0 Å². The van der Waals surface area contributed by atoms with Gasteiger partial charge in [-0.3, -0.25) is 0 Å². The van der Waals surface area contributed by atoms with Gasteiger partial charge in [0.25, 0.3) is 0 Å². The molecule has 1 aromatic rings. The molecule has 0 fully saturated rings. The normalized spacial score (nSPS) is 14.3. The van der Waals surface area contributed by atoms with Gasteiger partial charge in [0.05, 0.1) is 0 Å². The molecule has 1 heterocycles. The molecule has 15 heavy (non-hydrogen) atoms. The molecule has 0 spiro atoms. The second kappa shape index (κ2) is 4.40. The minimum atomic E-state index is 0.660. The van der Waals surface area contributed by atoms with Crippen LogP contribution in [0.1, 0.15) is 12.0 Å². The lowest BCUT2D eigenvalue weighted by atomic mass is 10.2. The van der Waals surface area contributed by atoms with E-state index >= 15 is 0 Å². The highest BCUT2D eigenvalue weighted by Gasteiger charge is 2.10. The third-order valence-electron chi connectivity index (χ3n) is 2.23. The van der Waals surface area contributed by atoms with Gasteiger partial charge in [0, 0.05) is 24.9 Å². The van der Waals surface area contributed by atoms with Gasteiger partial charge in [0.1, 0.15) is 0 Å². The summed E-state index contributed by atoms with van der Waals surface area (Å²) in [6.45, 7) is 2.94. The Kier molecular flexibility index (Phi) is 2.97. The van der Waals surface area contributed by atoms with Gasteiger partial charge in [-0.05, 0) is 31.3 Å². The molecule has 0 amide bonds. The van der Waals surface area contributed by atoms with E-state index in [9.17, 15) is 0 Å². The summed E-state index contributed by atoms with van der Waals surface area (Å²) in [5.74, 6) is 0. The van der Waals surface area contributed by atoms with Crippen LogP contribution in [0.5, 0.6) is 0 Å². The molecular formula is C11H13N3S. The molecule has 1 aliphatic heterocycles. The zero-order valence-corrected chi connectivity index (χ0v) is 9.42. The van der Waals surface area contributed by atoms with E-state index in [0.29, 0.717) is 5.11 Å². The monoisotopic (exact) mass is 219 g/mol. The van der Waals surface area contributed by atoms with Crippen molar-refractivity contribution in [3.8, 4) is 0 Å². The number of anilines is 1. The number of benzene rings is 1. The Balaban J connectivity index is 1.99. The molecule has 4 heteroatoms. The van der Waals surface area contributed by atoms with E-state index < -0.39 is 0 Å². The molecule has 0 unspecified atom stereocenters. The fourth-order valence-electron chi connectivity index (χ4n) is 1.37. The summed E-state index contributed by atoms with van der Waals surface area (Å²) in [6.07, 6.45) is 2.85. The summed E-state index contributed by atoms with van der Waals surface area (Å²) >= 11 is 5.23. The van der Waals surface area contributed by atoms with Crippen molar-refractivity contribution in [1.82, 2.24) is 5.01 Å². The number of hydrogen-bond donors (Lipinski definition) is 1. The van der Waals surface area contributed by atoms with Crippen LogP contribution < -0.4 is 5.32 Å². The number of thiocarbonyl (C=S) groups is 1. The Morgan fingerprint density at radius 2 is 2.13 bits per heavy atom. The van der Waals surface area contributed by atoms with Crippen LogP contribution in [-0.2, 0) is 0 Å². The van der Waals surface area contributed by atoms with E-state index in [0.717, 1.165) is 18.7 Å². The molecule has 2 rings (SSSR count). The molecule has 0 radical (unpaired) electrons. The summed E-state index contributed by atoms with van der Waals surface area (Å²) in [5.41, 5.74) is 2.25. The predicted molar refractivity (Wildman–Crippen MR) is 67.2 cm³/mol. The number of hydrazone groups is 1. The van der Waals surface area contributed by atoms with Gasteiger partial charge in [-0.2, -0.15) is 5.10 Å². The zero-order valence-electron chi connectivity index (χ0n) is 8.60. The SMILES string of the molecule is Cc1ccc(NC(=S)N2CCC=N2)cc1. The quantitative estimate of drug-likeness (QED) is 0.735. The molecule has 1 N–H and O–H groups in total. The van der Waals surface area contributed by atoms with Gasteiger partial charge in [-0.1, -0.05) is 17.7 Å². The Labute approximate surface area is 94.8 Å². The highest BCUT2D eigenvalue weighted by molar-refractivity contribution is 7.80. The maximum absolute atomic E-state index is 5.23. The number of rotatable bonds is 1. The molecule has 0 aliphatic carbocycles. The minimum absolute atomic E-state index is 0.660. The van der Waals surface area contributed by atoms with E-state index in [2.05, 4.69) is 29.5 Å². The van der Waals surface area contributed by atoms with Crippen molar-refractivity contribution >= 4 is 29.2 Å². The first-order valence-electron chi connectivity index (χ1n) is 4.93. The molecule has 0 saturated carbocycles. The van der Waals surface area contributed by atoms with E-state index in [1.54, 1.807) is 5.01 Å². The van der Waals surface area contributed by atoms with E-state index in [-0.39, 0.29) is 0 Å². The maximum Gasteiger partial charge on any atom is 0.194 e. The summed E-state index contributed by atoms with van der Waals surface area (Å²) in [5, 5.41) is 9.77. The number of hydrogen-bond acceptors (Lipinski definition) is 2. The molecule has 0 saturated heterocycles. The van der Waals surface area contributed by atoms with Crippen molar-refractivity contribution in [2.45, 2.75) is 13.3 Å². The lowest BCUT2D eigenvalue weighted by molar-refractivity contribution is 0.499. The summed E-state index contributed by atoms with van der Waals surface area (Å²) < 4.78 is 0. The van der Waals surface area contributed by atoms with Crippen LogP contribution >= 0.6 is 12.2 Å². The van der Waals surface area contributed by atoms with Crippen LogP contribution in [0.4, 0.5) is 5.69 Å². The van der Waals surface area contributed by atoms with Gasteiger partial charge >= 0.3 is 0 Å². The summed E-state index contributed by atoms with van der Waals surface area (Å²) in [7, 11) is 0. The van der Waals surface area contributed by atoms with Crippen LogP contribution in [0.25, 0.3) is 0 Å². The lowest BCUT2D eigenvalue weighted by Crippen LogP contribution is -2.28. The van der Waals surface area contributed by atoms with Crippen molar-refractivity contribution in [1.29, 1.82) is 0 Å². The van der Waals surface area contributed by atoms with E-state index in [1.165, 1.54) is 5.56 Å². The van der Waals surface area contributed by atoms with Crippen molar-refractivity contribution in [3.05, 3.63) is 29.8 Å². The minimum Gasteiger partial charge on any atom is -0.331 e. The molecule has 78 valence electrons. The fourth-order valence-corrected chi connectivity index (χ4v) is 1.63. The van der Waals surface area contributed by atoms with Crippen LogP contribution in [0.15, 0.2) is 29.4 Å². The molecule has 3 nitrogen and oxygen atoms in total. The second-order valence-electron chi connectivity index (χ2n) is 3.51. The smallest absolute Gasteiger partial charge is 0.194 e. The molecule has 0 aromatic heterocycles. The first kappa shape index (κ1) is 10.1. The van der Waals surface area contributed by atoms with Crippen molar-refractivity contribution in [2.75, 3.05) is 11.9 Å². The van der Waals surface area contributed by atoms with Crippen LogP contribution in [-0.4, -0.2) is 22.9 Å². The predicted octanol–water partition coefficient (Wildman–Crippen LogP) is 2.38. The highest BCUT2D eigenvalue weighted by atomic mass is 32.1. The molecule has 0 bridgehead atoms. The summed E-state index contributed by atoms with van der Waals surface area (Å²) in [4.78, 5) is 0. The van der Waals surface area contributed by atoms with Crippen molar-refractivity contribution < 1.29 is 0 Å². The first-order chi connectivity index (χ1) is 7.25. The van der Waals surface area contributed by atoms with Gasteiger partial charge < -0.3 is 5.32 Å². The number of aryl methyl sites for hydroxylation is 1. The van der Waals surface area contributed by atoms with Crippen molar-refractivity contribution in [2.24, 2.45) is 5.10 Å². The molecule has 1 aromatic carbocycles. The Morgan fingerprint density at radius 1 is 1.40 bits per heavy atom. The third-order valence-corrected chi connectivity index (χ3v) is 2.54. The average molecular weight is 219 g/mol. The number of nitrogens with one attached hydrogen (secondary N) is 1. The fraction of sp³-hybridized carbons (Fsp3) is 0.273. The lowest BCUT2D eigenvalue weighted by Gasteiger charge is -2.16. The first-order valence-corrected chi connectivity index (χ1v) is 5.34. The molecule has 1 aliphatic rings. The topological polar surface area (TPSA) is 27.6 Å². The van der Waals surface area contributed by atoms with Crippen LogP contribution in [0.3, 0.4) is 0 Å². The average Bonchev–Trinajstić information content (AvgIpc) is 2.74. The third kappa shape index (κ3) is 2.53. The van der Waals surface area contributed by atoms with Crippen molar-refractivity contribution in [3.63, 3.8) is 0 Å². The Hall–Kier alpha value is -1.42. The molecule has 0 atom stereocenters. The van der Waals surface area contributed by atoms with Gasteiger partial charge in [0.15, 0.2) is 5.11 Å². The standard InChI is InChI=1S/C11H13N3S/c1-9-3-5-10(6-4-9)13-11(15)14-8-2-7-12-14/h3-7H,2,8H2,1H3,(H,13,15). The van der Waals surface area contributed by atoms with Gasteiger partial charge in [-0.25, -0.2) is 5.01 Å². The Bertz CT molecular complexity index is 383. The molecular weight excluding hydrogens is 206 g/mol. The van der Waals surface area contributed by atoms with Crippen LogP contribution in [0, 0.1) is 6.92 Å². The summed E-state index contributed by atoms with van der Waals surface area (Å²) in [6, 6.07) is 8.14. The Morgan fingerprint density at radius 3 is 2.73 bits per heavy atom. The van der Waals surface area contributed by atoms with E-state index in [1.807, 2.05) is 18.3 Å². The van der Waals surface area contributed by atoms with Crippen LogP contribution in [0.2, 0.25) is 0 Å². The highest BCUT2D eigenvalue weighted by Crippen LogP contribution is 2.11. The van der Waals surface area contributed by atoms with Gasteiger partial charge in [-0.15, -0.1) is 0 Å². The zero-order chi connectivity index (χ0) is 10.7. The second-order valence-corrected chi connectivity index (χ2v) is 3.89. The maximum atomic E-state index is 5.23.